The fourth-order valence-electron chi connectivity index (χ4n) is 4.44. The molecule has 0 heterocycles. The second-order valence-corrected chi connectivity index (χ2v) is 12.8. The average Bonchev–Trinajstić information content (AvgIpc) is 3.08. The van der Waals surface area contributed by atoms with Crippen molar-refractivity contribution in [2.24, 2.45) is 0 Å². The molecule has 0 spiro atoms. The highest BCUT2D eigenvalue weighted by molar-refractivity contribution is 6.36. The highest BCUT2D eigenvalue weighted by Gasteiger charge is 2.18. The molecule has 0 saturated carbocycles. The van der Waals surface area contributed by atoms with Crippen molar-refractivity contribution in [2.45, 2.75) is 39.1 Å². The number of hydrogen-bond acceptors (Lipinski definition) is 7. The number of amides is 4. The van der Waals surface area contributed by atoms with Crippen LogP contribution in [0.4, 0.5) is 11.4 Å². The summed E-state index contributed by atoms with van der Waals surface area (Å²) in [5, 5.41) is 12.5. The van der Waals surface area contributed by atoms with Crippen molar-refractivity contribution in [3.63, 3.8) is 0 Å². The Hall–Kier alpha value is -4.52. The lowest BCUT2D eigenvalue weighted by molar-refractivity contribution is -0.128. The molecule has 4 aromatic carbocycles. The predicted molar refractivity (Wildman–Crippen MR) is 198 cm³/mol. The Kier molecular flexibility index (Phi) is 14.8. The second kappa shape index (κ2) is 19.2. The SMILES string of the molecule is C[C@@H](Oc1ccc(Cl)cc1Cl)C(=O)NCc1cccc(NC(=O)COCC(=O)Nc2cccc(CNC(=O)[C@@H](C)Oc3ccc(Cl)cc3Cl)c2)c1. The summed E-state index contributed by atoms with van der Waals surface area (Å²) >= 11 is 24.0. The number of hydrogen-bond donors (Lipinski definition) is 4. The lowest BCUT2D eigenvalue weighted by Gasteiger charge is -2.16. The monoisotopic (exact) mass is 774 g/mol. The zero-order chi connectivity index (χ0) is 36.9. The molecule has 2 atom stereocenters. The van der Waals surface area contributed by atoms with Crippen LogP contribution in [0, 0.1) is 0 Å². The van der Waals surface area contributed by atoms with Crippen molar-refractivity contribution in [2.75, 3.05) is 23.8 Å². The van der Waals surface area contributed by atoms with Crippen molar-refractivity contribution in [1.29, 1.82) is 0 Å². The smallest absolute Gasteiger partial charge is 0.261 e. The minimum absolute atomic E-state index is 0.183. The van der Waals surface area contributed by atoms with Gasteiger partial charge in [0, 0.05) is 34.5 Å². The predicted octanol–water partition coefficient (Wildman–Crippen LogP) is 7.06. The maximum Gasteiger partial charge on any atom is 0.261 e. The second-order valence-electron chi connectivity index (χ2n) is 11.1. The Labute approximate surface area is 314 Å². The van der Waals surface area contributed by atoms with Gasteiger partial charge in [0.2, 0.25) is 11.8 Å². The number of nitrogens with one attached hydrogen (secondary N) is 4. The Bertz CT molecular complexity index is 1740. The van der Waals surface area contributed by atoms with Crippen molar-refractivity contribution in [3.05, 3.63) is 116 Å². The Morgan fingerprint density at radius 2 is 1.00 bits per heavy atom. The first kappa shape index (κ1) is 39.3. The number of rotatable bonds is 16. The fourth-order valence-corrected chi connectivity index (χ4v) is 5.35. The molecule has 0 radical (unpaired) electrons. The maximum atomic E-state index is 12.6. The molecule has 0 fully saturated rings. The lowest BCUT2D eigenvalue weighted by Crippen LogP contribution is -2.36. The molecule has 0 aliphatic carbocycles. The third-order valence-corrected chi connectivity index (χ3v) is 8.02. The van der Waals surface area contributed by atoms with Gasteiger partial charge in [0.1, 0.15) is 24.7 Å². The lowest BCUT2D eigenvalue weighted by atomic mass is 10.2. The van der Waals surface area contributed by atoms with Crippen molar-refractivity contribution < 1.29 is 33.4 Å². The van der Waals surface area contributed by atoms with Crippen LogP contribution >= 0.6 is 46.4 Å². The van der Waals surface area contributed by atoms with Crippen LogP contribution in [-0.2, 0) is 37.0 Å². The quantitative estimate of drug-likeness (QED) is 0.0954. The van der Waals surface area contributed by atoms with Crippen LogP contribution in [0.3, 0.4) is 0 Å². The summed E-state index contributed by atoms with van der Waals surface area (Å²) in [5.41, 5.74) is 2.42. The molecule has 0 aromatic heterocycles. The Balaban J connectivity index is 1.15. The highest BCUT2D eigenvalue weighted by atomic mass is 35.5. The summed E-state index contributed by atoms with van der Waals surface area (Å²) in [6, 6.07) is 23.2. The fraction of sp³-hybridized carbons (Fsp3) is 0.222. The molecular weight excluding hydrogens is 742 g/mol. The van der Waals surface area contributed by atoms with Gasteiger partial charge in [-0.3, -0.25) is 19.2 Å². The third-order valence-electron chi connectivity index (χ3n) is 6.96. The maximum absolute atomic E-state index is 12.6. The zero-order valence-corrected chi connectivity index (χ0v) is 30.5. The molecular formula is C36H34Cl4N4O7. The van der Waals surface area contributed by atoms with Crippen LogP contribution in [0.2, 0.25) is 20.1 Å². The number of carbonyl (C=O) groups excluding carboxylic acids is 4. The van der Waals surface area contributed by atoms with Gasteiger partial charge < -0.3 is 35.5 Å². The van der Waals surface area contributed by atoms with Crippen LogP contribution in [-0.4, -0.2) is 49.1 Å². The van der Waals surface area contributed by atoms with Gasteiger partial charge in [-0.15, -0.1) is 0 Å². The molecule has 0 saturated heterocycles. The molecule has 4 amide bonds. The van der Waals surface area contributed by atoms with Crippen LogP contribution in [0.25, 0.3) is 0 Å². The van der Waals surface area contributed by atoms with Gasteiger partial charge in [-0.2, -0.15) is 0 Å². The molecule has 0 aliphatic heterocycles. The van der Waals surface area contributed by atoms with E-state index in [-0.39, 0.29) is 38.1 Å². The zero-order valence-electron chi connectivity index (χ0n) is 27.4. The standard InChI is InChI=1S/C36H34Cl4N4O7/c1-21(50-31-11-9-25(37)15-29(31)39)35(47)41-17-23-5-3-7-27(13-23)43-33(45)19-49-20-34(46)44-28-8-4-6-24(14-28)18-42-36(48)22(2)51-32-12-10-26(38)16-30(32)40/h3-16,21-22H,17-20H2,1-2H3,(H,41,47)(H,42,48)(H,43,45)(H,44,46)/t21-,22-/m1/s1. The first-order valence-corrected chi connectivity index (χ1v) is 17.0. The minimum atomic E-state index is -0.824. The van der Waals surface area contributed by atoms with E-state index in [4.69, 9.17) is 60.6 Å². The van der Waals surface area contributed by atoms with Crippen LogP contribution in [0.15, 0.2) is 84.9 Å². The largest absolute Gasteiger partial charge is 0.479 e. The van der Waals surface area contributed by atoms with Gasteiger partial charge in [-0.25, -0.2) is 0 Å². The Morgan fingerprint density at radius 3 is 1.39 bits per heavy atom. The molecule has 11 nitrogen and oxygen atoms in total. The van der Waals surface area contributed by atoms with E-state index in [1.807, 2.05) is 0 Å². The molecule has 268 valence electrons. The summed E-state index contributed by atoms with van der Waals surface area (Å²) in [4.78, 5) is 50.1. The van der Waals surface area contributed by atoms with Crippen LogP contribution in [0.5, 0.6) is 11.5 Å². The van der Waals surface area contributed by atoms with Crippen molar-refractivity contribution >= 4 is 81.4 Å². The summed E-state index contributed by atoms with van der Waals surface area (Å²) in [6.45, 7) is 2.81. The molecule has 4 N–H and O–H groups in total. The highest BCUT2D eigenvalue weighted by Crippen LogP contribution is 2.29. The average molecular weight is 777 g/mol. The van der Waals surface area contributed by atoms with E-state index in [9.17, 15) is 19.2 Å². The van der Waals surface area contributed by atoms with E-state index >= 15 is 0 Å². The molecule has 15 heteroatoms. The summed E-state index contributed by atoms with van der Waals surface area (Å²) in [5.74, 6) is -1.00. The van der Waals surface area contributed by atoms with Crippen LogP contribution < -0.4 is 30.7 Å². The van der Waals surface area contributed by atoms with Gasteiger partial charge in [-0.05, 0) is 85.6 Å². The van der Waals surface area contributed by atoms with Gasteiger partial charge >= 0.3 is 0 Å². The van der Waals surface area contributed by atoms with Crippen molar-refractivity contribution in [3.8, 4) is 11.5 Å². The summed E-state index contributed by atoms with van der Waals surface area (Å²) in [6.07, 6.45) is -1.65. The van der Waals surface area contributed by atoms with E-state index < -0.39 is 24.0 Å². The topological polar surface area (TPSA) is 144 Å². The number of halogens is 4. The van der Waals surface area contributed by atoms with E-state index in [0.717, 1.165) is 11.1 Å². The first-order chi connectivity index (χ1) is 24.4. The first-order valence-electron chi connectivity index (χ1n) is 15.5. The van der Waals surface area contributed by atoms with Crippen molar-refractivity contribution in [1.82, 2.24) is 10.6 Å². The number of anilines is 2. The minimum Gasteiger partial charge on any atom is -0.479 e. The van der Waals surface area contributed by atoms with E-state index in [2.05, 4.69) is 21.3 Å². The molecule has 4 aromatic rings. The number of benzene rings is 4. The van der Waals surface area contributed by atoms with Gasteiger partial charge in [-0.1, -0.05) is 70.7 Å². The van der Waals surface area contributed by atoms with Gasteiger partial charge in [0.15, 0.2) is 12.2 Å². The number of ether oxygens (including phenoxy) is 3. The number of carbonyl (C=O) groups is 4. The molecule has 0 unspecified atom stereocenters. The summed E-state index contributed by atoms with van der Waals surface area (Å²) in [7, 11) is 0. The van der Waals surface area contributed by atoms with Gasteiger partial charge in [0.05, 0.1) is 10.0 Å². The van der Waals surface area contributed by atoms with E-state index in [0.29, 0.717) is 43.0 Å². The van der Waals surface area contributed by atoms with Crippen LogP contribution in [0.1, 0.15) is 25.0 Å². The van der Waals surface area contributed by atoms with Gasteiger partial charge in [0.25, 0.3) is 11.8 Å². The molecule has 0 aliphatic rings. The Morgan fingerprint density at radius 1 is 0.588 bits per heavy atom. The van der Waals surface area contributed by atoms with E-state index in [1.54, 1.807) is 86.6 Å². The van der Waals surface area contributed by atoms with E-state index in [1.165, 1.54) is 12.1 Å². The molecule has 51 heavy (non-hydrogen) atoms. The molecule has 4 rings (SSSR count). The molecule has 0 bridgehead atoms. The summed E-state index contributed by atoms with van der Waals surface area (Å²) < 4.78 is 16.6. The third kappa shape index (κ3) is 13.0. The normalized spacial score (nSPS) is 11.9.